The van der Waals surface area contributed by atoms with Crippen LogP contribution < -0.4 is 9.80 Å². The van der Waals surface area contributed by atoms with Gasteiger partial charge in [0.2, 0.25) is 0 Å². The highest BCUT2D eigenvalue weighted by Gasteiger charge is 2.57. The SMILES string of the molecule is Cc1ccc(N(c2ccc(C)cc2)c2ccc3c(c2)C(C)(C)C(C)(C)c2c-3cc3c4c2C(C)(C)C(C)(C)c2cc(N(c5ccc(C)cc5)c5ccc(C)cc5)cc(c2-4)C(C)(C)CC3(C)C)cc1. The Morgan fingerprint density at radius 3 is 1.09 bits per heavy atom. The van der Waals surface area contributed by atoms with E-state index in [1.54, 1.807) is 5.56 Å². The van der Waals surface area contributed by atoms with E-state index in [0.29, 0.717) is 0 Å². The molecular weight excluding hydrogens is 809 g/mol. The first-order chi connectivity index (χ1) is 31.4. The van der Waals surface area contributed by atoms with Crippen LogP contribution in [-0.4, -0.2) is 0 Å². The molecule has 7 aromatic rings. The van der Waals surface area contributed by atoms with E-state index >= 15 is 0 Å². The summed E-state index contributed by atoms with van der Waals surface area (Å²) in [4.78, 5) is 4.95. The summed E-state index contributed by atoms with van der Waals surface area (Å²) in [6, 6.07) is 51.4. The Morgan fingerprint density at radius 1 is 0.299 bits per heavy atom. The molecule has 0 aromatic heterocycles. The number of nitrogens with zero attached hydrogens (tertiary/aromatic N) is 2. The molecule has 2 nitrogen and oxygen atoms in total. The van der Waals surface area contributed by atoms with Crippen LogP contribution in [0.5, 0.6) is 0 Å². The molecule has 10 rings (SSSR count). The third kappa shape index (κ3) is 6.63. The average molecular weight is 881 g/mol. The monoisotopic (exact) mass is 881 g/mol. The zero-order valence-corrected chi connectivity index (χ0v) is 43.3. The van der Waals surface area contributed by atoms with Crippen LogP contribution >= 0.6 is 0 Å². The fourth-order valence-electron chi connectivity index (χ4n) is 12.7. The second-order valence-electron chi connectivity index (χ2n) is 24.2. The maximum Gasteiger partial charge on any atom is 0.0467 e. The molecule has 0 fully saturated rings. The zero-order valence-electron chi connectivity index (χ0n) is 43.3. The second-order valence-corrected chi connectivity index (χ2v) is 24.2. The van der Waals surface area contributed by atoms with Gasteiger partial charge in [-0.05, 0) is 201 Å². The van der Waals surface area contributed by atoms with Crippen LogP contribution in [-0.2, 0) is 32.5 Å². The van der Waals surface area contributed by atoms with Crippen LogP contribution in [0, 0.1) is 27.7 Å². The van der Waals surface area contributed by atoms with Gasteiger partial charge in [-0.25, -0.2) is 0 Å². The van der Waals surface area contributed by atoms with Gasteiger partial charge in [0.15, 0.2) is 0 Å². The van der Waals surface area contributed by atoms with Crippen molar-refractivity contribution in [3.63, 3.8) is 0 Å². The maximum atomic E-state index is 2.68. The lowest BCUT2D eigenvalue weighted by Crippen LogP contribution is -2.50. The standard InChI is InChI=1S/C65H72N2/c1-40-17-25-44(26-18-40)66(45-27-19-41(2)20-28-45)48-33-34-50-51-38-54-57-56-53(60(5,6)39-61(54,7)8)36-49(67(46-29-21-42(3)22-30-46)47-31-23-43(4)24-32-47)37-55(56)63(11,12)65(15,16)59(57)58(51)64(13,14)62(9,10)52(50)35-48/h17-38H,39H2,1-16H3. The van der Waals surface area contributed by atoms with E-state index < -0.39 is 0 Å². The normalized spacial score (nSPS) is 18.2. The summed E-state index contributed by atoms with van der Waals surface area (Å²) in [6.07, 6.45) is 1.03. The molecule has 0 N–H and O–H groups in total. The highest BCUT2D eigenvalue weighted by Crippen LogP contribution is 2.67. The van der Waals surface area contributed by atoms with Gasteiger partial charge < -0.3 is 9.80 Å². The van der Waals surface area contributed by atoms with Crippen molar-refractivity contribution in [2.45, 2.75) is 150 Å². The lowest BCUT2D eigenvalue weighted by molar-refractivity contribution is 0.266. The predicted molar refractivity (Wildman–Crippen MR) is 288 cm³/mol. The number of fused-ring (bicyclic) bond motifs is 4. The van der Waals surface area contributed by atoms with E-state index in [1.807, 2.05) is 0 Å². The largest absolute Gasteiger partial charge is 0.310 e. The number of anilines is 6. The van der Waals surface area contributed by atoms with Gasteiger partial charge in [0.25, 0.3) is 0 Å². The fraction of sp³-hybridized carbons (Fsp3) is 0.354. The van der Waals surface area contributed by atoms with Crippen molar-refractivity contribution in [2.24, 2.45) is 0 Å². The van der Waals surface area contributed by atoms with Crippen molar-refractivity contribution in [1.29, 1.82) is 0 Å². The molecule has 0 bridgehead atoms. The minimum absolute atomic E-state index is 0.116. The minimum atomic E-state index is -0.229. The Labute approximate surface area is 403 Å². The summed E-state index contributed by atoms with van der Waals surface area (Å²) in [5, 5.41) is 0. The molecule has 0 radical (unpaired) electrons. The van der Waals surface area contributed by atoms with Crippen molar-refractivity contribution in [2.75, 3.05) is 9.80 Å². The molecule has 3 aliphatic carbocycles. The Morgan fingerprint density at radius 2 is 0.642 bits per heavy atom. The first-order valence-electron chi connectivity index (χ1n) is 24.8. The quantitative estimate of drug-likeness (QED) is 0.164. The molecule has 0 saturated heterocycles. The van der Waals surface area contributed by atoms with E-state index in [2.05, 4.69) is 254 Å². The van der Waals surface area contributed by atoms with Crippen LogP contribution in [0.4, 0.5) is 34.1 Å². The van der Waals surface area contributed by atoms with Crippen LogP contribution in [0.2, 0.25) is 0 Å². The molecule has 0 heterocycles. The van der Waals surface area contributed by atoms with Gasteiger partial charge in [0.05, 0.1) is 0 Å². The smallest absolute Gasteiger partial charge is 0.0467 e. The minimum Gasteiger partial charge on any atom is -0.310 e. The lowest BCUT2D eigenvalue weighted by atomic mass is 9.47. The summed E-state index contributed by atoms with van der Waals surface area (Å²) in [6.45, 7) is 39.2. The predicted octanol–water partition coefficient (Wildman–Crippen LogP) is 18.3. The third-order valence-corrected chi connectivity index (χ3v) is 17.7. The molecule has 67 heavy (non-hydrogen) atoms. The highest BCUT2D eigenvalue weighted by molar-refractivity contribution is 5.94. The van der Waals surface area contributed by atoms with Crippen molar-refractivity contribution in [3.8, 4) is 22.3 Å². The van der Waals surface area contributed by atoms with E-state index in [0.717, 1.165) is 6.42 Å². The maximum absolute atomic E-state index is 2.68. The summed E-state index contributed by atoms with van der Waals surface area (Å²) in [5.41, 5.74) is 25.7. The molecule has 0 atom stereocenters. The molecule has 0 unspecified atom stereocenters. The molecular formula is C65H72N2. The molecule has 0 spiro atoms. The van der Waals surface area contributed by atoms with Crippen molar-refractivity contribution < 1.29 is 0 Å². The van der Waals surface area contributed by atoms with Gasteiger partial charge in [0, 0.05) is 34.1 Å². The van der Waals surface area contributed by atoms with Gasteiger partial charge in [0.1, 0.15) is 0 Å². The Balaban J connectivity index is 1.27. The van der Waals surface area contributed by atoms with Gasteiger partial charge in [-0.15, -0.1) is 0 Å². The molecule has 0 saturated carbocycles. The number of rotatable bonds is 6. The van der Waals surface area contributed by atoms with Crippen molar-refractivity contribution in [1.82, 2.24) is 0 Å². The molecule has 3 aliphatic rings. The Bertz CT molecular complexity index is 3010. The first kappa shape index (κ1) is 44.9. The van der Waals surface area contributed by atoms with Crippen LogP contribution in [0.1, 0.15) is 145 Å². The number of benzene rings is 7. The van der Waals surface area contributed by atoms with Gasteiger partial charge in [-0.2, -0.15) is 0 Å². The molecule has 342 valence electrons. The number of hydrogen-bond donors (Lipinski definition) is 0. The van der Waals surface area contributed by atoms with Gasteiger partial charge in [-0.1, -0.05) is 160 Å². The van der Waals surface area contributed by atoms with Crippen molar-refractivity contribution >= 4 is 34.1 Å². The first-order valence-corrected chi connectivity index (χ1v) is 24.8. The number of hydrogen-bond acceptors (Lipinski definition) is 2. The highest BCUT2D eigenvalue weighted by atomic mass is 15.1. The summed E-state index contributed by atoms with van der Waals surface area (Å²) < 4.78 is 0. The van der Waals surface area contributed by atoms with Crippen LogP contribution in [0.3, 0.4) is 0 Å². The second kappa shape index (κ2) is 14.8. The van der Waals surface area contributed by atoms with E-state index in [1.165, 1.54) is 106 Å². The van der Waals surface area contributed by atoms with E-state index in [-0.39, 0.29) is 32.5 Å². The summed E-state index contributed by atoms with van der Waals surface area (Å²) in [7, 11) is 0. The van der Waals surface area contributed by atoms with Gasteiger partial charge >= 0.3 is 0 Å². The molecule has 0 amide bonds. The summed E-state index contributed by atoms with van der Waals surface area (Å²) in [5.74, 6) is 0. The zero-order chi connectivity index (χ0) is 48.0. The Kier molecular flexibility index (Phi) is 9.94. The number of aryl methyl sites for hydroxylation is 4. The Hall–Kier alpha value is -5.86. The lowest BCUT2D eigenvalue weighted by Gasteiger charge is -2.56. The fourth-order valence-corrected chi connectivity index (χ4v) is 12.7. The summed E-state index contributed by atoms with van der Waals surface area (Å²) >= 11 is 0. The van der Waals surface area contributed by atoms with E-state index in [9.17, 15) is 0 Å². The molecule has 0 aliphatic heterocycles. The molecule has 2 heteroatoms. The van der Waals surface area contributed by atoms with Crippen LogP contribution in [0.25, 0.3) is 22.3 Å². The topological polar surface area (TPSA) is 6.48 Å². The third-order valence-electron chi connectivity index (χ3n) is 17.7. The molecule has 7 aromatic carbocycles. The van der Waals surface area contributed by atoms with Gasteiger partial charge in [-0.3, -0.25) is 0 Å². The van der Waals surface area contributed by atoms with Crippen LogP contribution in [0.15, 0.2) is 133 Å². The van der Waals surface area contributed by atoms with E-state index in [4.69, 9.17) is 0 Å². The average Bonchev–Trinajstić information content (AvgIpc) is 3.33. The van der Waals surface area contributed by atoms with Crippen molar-refractivity contribution in [3.05, 3.63) is 189 Å².